The zero-order valence-electron chi connectivity index (χ0n) is 11.3. The van der Waals surface area contributed by atoms with E-state index in [1.54, 1.807) is 0 Å². The van der Waals surface area contributed by atoms with E-state index in [-0.39, 0.29) is 6.04 Å². The molecule has 1 aliphatic rings. The molecule has 2 unspecified atom stereocenters. The van der Waals surface area contributed by atoms with Crippen LogP contribution in [0.1, 0.15) is 49.3 Å². The summed E-state index contributed by atoms with van der Waals surface area (Å²) in [5.74, 6) is 0. The molecule has 1 saturated heterocycles. The number of ether oxygens (including phenoxy) is 1. The number of rotatable bonds is 5. The molecular formula is C15H20F3NO. The lowest BCUT2D eigenvalue weighted by Crippen LogP contribution is -2.13. The molecule has 1 aromatic carbocycles. The van der Waals surface area contributed by atoms with Crippen molar-refractivity contribution in [2.75, 3.05) is 6.61 Å². The molecule has 0 aliphatic carbocycles. The first-order valence-electron chi connectivity index (χ1n) is 7.01. The third-order valence-corrected chi connectivity index (χ3v) is 3.73. The average molecular weight is 287 g/mol. The molecule has 1 aliphatic heterocycles. The molecule has 0 spiro atoms. The highest BCUT2D eigenvalue weighted by Gasteiger charge is 2.30. The van der Waals surface area contributed by atoms with E-state index in [0.717, 1.165) is 56.4 Å². The zero-order chi connectivity index (χ0) is 14.6. The molecule has 5 heteroatoms. The van der Waals surface area contributed by atoms with Crippen LogP contribution in [0.3, 0.4) is 0 Å². The van der Waals surface area contributed by atoms with Gasteiger partial charge in [-0.25, -0.2) is 0 Å². The van der Waals surface area contributed by atoms with Crippen molar-refractivity contribution in [2.45, 2.75) is 50.4 Å². The molecule has 0 bridgehead atoms. The lowest BCUT2D eigenvalue weighted by molar-refractivity contribution is -0.137. The molecule has 0 aromatic heterocycles. The molecule has 1 heterocycles. The fourth-order valence-electron chi connectivity index (χ4n) is 2.52. The van der Waals surface area contributed by atoms with Gasteiger partial charge in [-0.05, 0) is 49.8 Å². The molecule has 112 valence electrons. The third-order valence-electron chi connectivity index (χ3n) is 3.73. The van der Waals surface area contributed by atoms with Gasteiger partial charge < -0.3 is 10.5 Å². The minimum Gasteiger partial charge on any atom is -0.378 e. The van der Waals surface area contributed by atoms with Crippen molar-refractivity contribution in [2.24, 2.45) is 5.73 Å². The summed E-state index contributed by atoms with van der Waals surface area (Å²) in [6.45, 7) is 0.843. The maximum atomic E-state index is 12.5. The van der Waals surface area contributed by atoms with E-state index in [4.69, 9.17) is 10.5 Å². The van der Waals surface area contributed by atoms with Crippen LogP contribution in [-0.2, 0) is 10.9 Å². The Hall–Kier alpha value is -1.07. The lowest BCUT2D eigenvalue weighted by atomic mass is 9.99. The predicted octanol–water partition coefficient (Wildman–Crippen LogP) is 4.05. The van der Waals surface area contributed by atoms with Crippen molar-refractivity contribution in [3.63, 3.8) is 0 Å². The normalized spacial score (nSPS) is 21.1. The molecule has 1 aromatic rings. The summed E-state index contributed by atoms with van der Waals surface area (Å²) >= 11 is 0. The summed E-state index contributed by atoms with van der Waals surface area (Å²) < 4.78 is 42.9. The fraction of sp³-hybridized carbons (Fsp3) is 0.600. The molecule has 2 nitrogen and oxygen atoms in total. The summed E-state index contributed by atoms with van der Waals surface area (Å²) in [6.07, 6.45) is 0.967. The van der Waals surface area contributed by atoms with Gasteiger partial charge in [-0.1, -0.05) is 12.1 Å². The summed E-state index contributed by atoms with van der Waals surface area (Å²) in [6, 6.07) is 4.92. The average Bonchev–Trinajstić information content (AvgIpc) is 2.91. The van der Waals surface area contributed by atoms with Crippen LogP contribution in [0.4, 0.5) is 13.2 Å². The van der Waals surface area contributed by atoms with E-state index >= 15 is 0 Å². The first-order valence-corrected chi connectivity index (χ1v) is 7.01. The van der Waals surface area contributed by atoms with Crippen LogP contribution in [-0.4, -0.2) is 12.7 Å². The van der Waals surface area contributed by atoms with Crippen molar-refractivity contribution >= 4 is 0 Å². The molecule has 0 saturated carbocycles. The van der Waals surface area contributed by atoms with Gasteiger partial charge in [0.15, 0.2) is 0 Å². The SMILES string of the molecule is NC(CCCC1CCCO1)c1ccc(C(F)(F)F)cc1. The number of hydrogen-bond acceptors (Lipinski definition) is 2. The van der Waals surface area contributed by atoms with E-state index in [1.165, 1.54) is 12.1 Å². The van der Waals surface area contributed by atoms with Crippen molar-refractivity contribution in [1.82, 2.24) is 0 Å². The van der Waals surface area contributed by atoms with Gasteiger partial charge in [-0.2, -0.15) is 13.2 Å². The van der Waals surface area contributed by atoms with Gasteiger partial charge >= 0.3 is 6.18 Å². The molecule has 20 heavy (non-hydrogen) atoms. The zero-order valence-corrected chi connectivity index (χ0v) is 11.3. The van der Waals surface area contributed by atoms with Gasteiger partial charge in [-0.15, -0.1) is 0 Å². The second kappa shape index (κ2) is 6.59. The number of hydrogen-bond donors (Lipinski definition) is 1. The standard InChI is InChI=1S/C15H20F3NO/c16-15(17,18)12-8-6-11(7-9-12)14(19)5-1-3-13-4-2-10-20-13/h6-9,13-14H,1-5,10,19H2. The van der Waals surface area contributed by atoms with Crippen molar-refractivity contribution < 1.29 is 17.9 Å². The Morgan fingerprint density at radius 2 is 1.95 bits per heavy atom. The summed E-state index contributed by atoms with van der Waals surface area (Å²) in [5, 5.41) is 0. The van der Waals surface area contributed by atoms with Crippen LogP contribution in [0.5, 0.6) is 0 Å². The molecule has 0 radical (unpaired) electrons. The number of halogens is 3. The van der Waals surface area contributed by atoms with Gasteiger partial charge in [0.05, 0.1) is 11.7 Å². The molecule has 2 atom stereocenters. The number of alkyl halides is 3. The Labute approximate surface area is 117 Å². The van der Waals surface area contributed by atoms with E-state index in [2.05, 4.69) is 0 Å². The third kappa shape index (κ3) is 4.21. The van der Waals surface area contributed by atoms with Crippen LogP contribution in [0.15, 0.2) is 24.3 Å². The summed E-state index contributed by atoms with van der Waals surface area (Å²) in [4.78, 5) is 0. The van der Waals surface area contributed by atoms with E-state index in [1.807, 2.05) is 0 Å². The smallest absolute Gasteiger partial charge is 0.378 e. The Morgan fingerprint density at radius 1 is 1.25 bits per heavy atom. The van der Waals surface area contributed by atoms with Gasteiger partial charge in [0.2, 0.25) is 0 Å². The van der Waals surface area contributed by atoms with Gasteiger partial charge in [-0.3, -0.25) is 0 Å². The first-order chi connectivity index (χ1) is 9.47. The highest BCUT2D eigenvalue weighted by atomic mass is 19.4. The second-order valence-electron chi connectivity index (χ2n) is 5.29. The quantitative estimate of drug-likeness (QED) is 0.886. The maximum absolute atomic E-state index is 12.5. The fourth-order valence-corrected chi connectivity index (χ4v) is 2.52. The Bertz CT molecular complexity index is 410. The highest BCUT2D eigenvalue weighted by molar-refractivity contribution is 5.26. The van der Waals surface area contributed by atoms with Crippen molar-refractivity contribution in [3.8, 4) is 0 Å². The minimum absolute atomic E-state index is 0.210. The summed E-state index contributed by atoms with van der Waals surface area (Å²) in [5.41, 5.74) is 6.14. The maximum Gasteiger partial charge on any atom is 0.416 e. The lowest BCUT2D eigenvalue weighted by Gasteiger charge is -2.15. The Balaban J connectivity index is 1.81. The monoisotopic (exact) mass is 287 g/mol. The second-order valence-corrected chi connectivity index (χ2v) is 5.29. The Kier molecular flexibility index (Phi) is 5.05. The number of benzene rings is 1. The van der Waals surface area contributed by atoms with E-state index < -0.39 is 11.7 Å². The minimum atomic E-state index is -4.29. The molecule has 1 fully saturated rings. The van der Waals surface area contributed by atoms with E-state index in [9.17, 15) is 13.2 Å². The molecule has 2 N–H and O–H groups in total. The molecule has 2 rings (SSSR count). The Morgan fingerprint density at radius 3 is 2.50 bits per heavy atom. The van der Waals surface area contributed by atoms with Crippen LogP contribution >= 0.6 is 0 Å². The van der Waals surface area contributed by atoms with Gasteiger partial charge in [0.1, 0.15) is 0 Å². The molecular weight excluding hydrogens is 267 g/mol. The van der Waals surface area contributed by atoms with E-state index in [0.29, 0.717) is 6.10 Å². The van der Waals surface area contributed by atoms with Crippen molar-refractivity contribution in [3.05, 3.63) is 35.4 Å². The highest BCUT2D eigenvalue weighted by Crippen LogP contribution is 2.30. The van der Waals surface area contributed by atoms with Crippen LogP contribution in [0, 0.1) is 0 Å². The van der Waals surface area contributed by atoms with Crippen LogP contribution in [0.2, 0.25) is 0 Å². The summed E-state index contributed by atoms with van der Waals surface area (Å²) in [7, 11) is 0. The van der Waals surface area contributed by atoms with Gasteiger partial charge in [0, 0.05) is 12.6 Å². The van der Waals surface area contributed by atoms with Crippen molar-refractivity contribution in [1.29, 1.82) is 0 Å². The predicted molar refractivity (Wildman–Crippen MR) is 71.2 cm³/mol. The first kappa shape index (κ1) is 15.3. The molecule has 0 amide bonds. The topological polar surface area (TPSA) is 35.2 Å². The van der Waals surface area contributed by atoms with Crippen LogP contribution < -0.4 is 5.73 Å². The largest absolute Gasteiger partial charge is 0.416 e. The van der Waals surface area contributed by atoms with Crippen LogP contribution in [0.25, 0.3) is 0 Å². The van der Waals surface area contributed by atoms with Gasteiger partial charge in [0.25, 0.3) is 0 Å². The number of nitrogens with two attached hydrogens (primary N) is 1.